The van der Waals surface area contributed by atoms with Crippen LogP contribution in [-0.4, -0.2) is 31.2 Å². The summed E-state index contributed by atoms with van der Waals surface area (Å²) in [5.74, 6) is -1.09. The van der Waals surface area contributed by atoms with E-state index in [1.165, 1.54) is 4.90 Å². The molecule has 1 N–H and O–H groups in total. The number of quaternary nitrogens is 1. The zero-order chi connectivity index (χ0) is 12.3. The summed E-state index contributed by atoms with van der Waals surface area (Å²) >= 11 is 0. The Balaban J connectivity index is 2.76. The molecule has 1 aromatic rings. The third-order valence-electron chi connectivity index (χ3n) is 2.85. The minimum atomic E-state index is -1.09. The van der Waals surface area contributed by atoms with Crippen LogP contribution in [0.25, 0.3) is 0 Å². The summed E-state index contributed by atoms with van der Waals surface area (Å²) in [4.78, 5) is 12.2. The lowest BCUT2D eigenvalue weighted by atomic mass is 10.2. The van der Waals surface area contributed by atoms with E-state index in [4.69, 9.17) is 0 Å². The maximum Gasteiger partial charge on any atom is 0.0784 e. The summed E-state index contributed by atoms with van der Waals surface area (Å²) in [5, 5.41) is 10.8. The Bertz CT molecular complexity index is 381. The molecule has 0 atom stereocenters. The number of carbonyl (C=O) groups is 1. The van der Waals surface area contributed by atoms with Crippen LogP contribution in [0.4, 0.5) is 0 Å². The highest BCUT2D eigenvalue weighted by atomic mass is 16.4. The highest BCUT2D eigenvalue weighted by Gasteiger charge is 2.09. The Morgan fingerprint density at radius 2 is 2.06 bits per heavy atom. The highest BCUT2D eigenvalue weighted by molar-refractivity contribution is 5.87. The van der Waals surface area contributed by atoms with E-state index < -0.39 is 5.97 Å². The van der Waals surface area contributed by atoms with Gasteiger partial charge in [0.05, 0.1) is 26.6 Å². The molecule has 4 heteroatoms. The van der Waals surface area contributed by atoms with Crippen molar-refractivity contribution in [2.24, 2.45) is 0 Å². The average molecular weight is 224 g/mol. The average Bonchev–Trinajstić information content (AvgIpc) is 2.44. The van der Waals surface area contributed by atoms with Gasteiger partial charge in [0.15, 0.2) is 0 Å². The molecule has 0 aromatic carbocycles. The molecule has 1 rings (SSSR count). The number of nitrogens with one attached hydrogen (secondary N) is 1. The summed E-state index contributed by atoms with van der Waals surface area (Å²) in [6, 6.07) is 1.69. The Hall–Kier alpha value is -1.29. The Kier molecular flexibility index (Phi) is 4.12. The number of rotatable bonds is 5. The first-order valence-electron chi connectivity index (χ1n) is 5.60. The van der Waals surface area contributed by atoms with Gasteiger partial charge < -0.3 is 19.4 Å². The fourth-order valence-corrected chi connectivity index (χ4v) is 1.94. The molecule has 90 valence electrons. The molecule has 0 aliphatic carbocycles. The van der Waals surface area contributed by atoms with E-state index in [-0.39, 0.29) is 0 Å². The predicted octanol–water partition coefficient (Wildman–Crippen LogP) is -0.997. The van der Waals surface area contributed by atoms with E-state index in [2.05, 4.69) is 14.1 Å². The van der Waals surface area contributed by atoms with Crippen LogP contribution in [-0.2, 0) is 6.54 Å². The van der Waals surface area contributed by atoms with Crippen LogP contribution in [0.1, 0.15) is 28.2 Å². The van der Waals surface area contributed by atoms with Crippen molar-refractivity contribution in [3.8, 4) is 0 Å². The van der Waals surface area contributed by atoms with Gasteiger partial charge in [0.25, 0.3) is 0 Å². The van der Waals surface area contributed by atoms with Crippen molar-refractivity contribution in [2.75, 3.05) is 20.6 Å². The summed E-state index contributed by atoms with van der Waals surface area (Å²) in [6.45, 7) is 5.72. The second kappa shape index (κ2) is 5.16. The van der Waals surface area contributed by atoms with E-state index in [0.29, 0.717) is 5.56 Å². The van der Waals surface area contributed by atoms with E-state index >= 15 is 0 Å². The van der Waals surface area contributed by atoms with Gasteiger partial charge in [-0.25, -0.2) is 0 Å². The zero-order valence-corrected chi connectivity index (χ0v) is 10.5. The zero-order valence-electron chi connectivity index (χ0n) is 10.5. The minimum Gasteiger partial charge on any atom is -0.545 e. The Labute approximate surface area is 96.5 Å². The van der Waals surface area contributed by atoms with Crippen LogP contribution in [0.2, 0.25) is 0 Å². The largest absolute Gasteiger partial charge is 0.545 e. The number of carboxylic acids is 1. The van der Waals surface area contributed by atoms with Gasteiger partial charge in [-0.2, -0.15) is 0 Å². The molecule has 1 heterocycles. The number of nitrogens with zero attached hydrogens (tertiary/aromatic N) is 1. The molecule has 16 heavy (non-hydrogen) atoms. The Morgan fingerprint density at radius 1 is 1.44 bits per heavy atom. The lowest BCUT2D eigenvalue weighted by molar-refractivity contribution is -0.858. The molecule has 0 spiro atoms. The van der Waals surface area contributed by atoms with E-state index in [9.17, 15) is 9.90 Å². The third kappa shape index (κ3) is 2.85. The molecule has 0 saturated heterocycles. The van der Waals surface area contributed by atoms with Gasteiger partial charge >= 0.3 is 0 Å². The summed E-state index contributed by atoms with van der Waals surface area (Å²) in [6.07, 6.45) is 1.05. The van der Waals surface area contributed by atoms with Crippen LogP contribution in [0.3, 0.4) is 0 Å². The normalized spacial score (nSPS) is 11.1. The number of aromatic carboxylic acids is 1. The fraction of sp³-hybridized carbons (Fsp3) is 0.583. The fourth-order valence-electron chi connectivity index (χ4n) is 1.94. The van der Waals surface area contributed by atoms with Crippen molar-refractivity contribution in [3.05, 3.63) is 23.0 Å². The maximum atomic E-state index is 10.8. The topological polar surface area (TPSA) is 49.5 Å². The first-order chi connectivity index (χ1) is 7.43. The van der Waals surface area contributed by atoms with E-state index in [1.54, 1.807) is 6.07 Å². The minimum absolute atomic E-state index is 0.315. The molecule has 0 radical (unpaired) electrons. The molecule has 0 fully saturated rings. The highest BCUT2D eigenvalue weighted by Crippen LogP contribution is 2.14. The summed E-state index contributed by atoms with van der Waals surface area (Å²) in [7, 11) is 4.23. The van der Waals surface area contributed by atoms with Gasteiger partial charge in [0.2, 0.25) is 0 Å². The lowest BCUT2D eigenvalue weighted by Gasteiger charge is -2.11. The van der Waals surface area contributed by atoms with Gasteiger partial charge in [-0.3, -0.25) is 0 Å². The number of carboxylic acid groups (broad SMARTS) is 1. The third-order valence-corrected chi connectivity index (χ3v) is 2.85. The lowest BCUT2D eigenvalue weighted by Crippen LogP contribution is -3.05. The van der Waals surface area contributed by atoms with Crippen molar-refractivity contribution < 1.29 is 14.8 Å². The quantitative estimate of drug-likeness (QED) is 0.697. The van der Waals surface area contributed by atoms with Crippen LogP contribution in [0.15, 0.2) is 6.07 Å². The maximum absolute atomic E-state index is 10.8. The molecule has 0 unspecified atom stereocenters. The molecule has 0 saturated carbocycles. The monoisotopic (exact) mass is 224 g/mol. The van der Waals surface area contributed by atoms with Crippen molar-refractivity contribution in [3.63, 3.8) is 0 Å². The Morgan fingerprint density at radius 3 is 2.50 bits per heavy atom. The molecular formula is C12H20N2O2. The van der Waals surface area contributed by atoms with Gasteiger partial charge in [-0.05, 0) is 19.9 Å². The SMILES string of the molecule is Cc1cc(C(=O)[O-])c(C)n1CCC[NH+](C)C. The number of aromatic nitrogens is 1. The van der Waals surface area contributed by atoms with Gasteiger partial charge in [0.1, 0.15) is 0 Å². The van der Waals surface area contributed by atoms with E-state index in [1.807, 2.05) is 18.4 Å². The second-order valence-electron chi connectivity index (χ2n) is 4.53. The van der Waals surface area contributed by atoms with Gasteiger partial charge in [-0.1, -0.05) is 0 Å². The molecule has 1 aromatic heterocycles. The van der Waals surface area contributed by atoms with Crippen molar-refractivity contribution in [2.45, 2.75) is 26.8 Å². The number of aryl methyl sites for hydroxylation is 1. The molecule has 4 nitrogen and oxygen atoms in total. The molecule has 0 aliphatic rings. The summed E-state index contributed by atoms with van der Waals surface area (Å²) in [5.41, 5.74) is 2.10. The molecule has 0 bridgehead atoms. The van der Waals surface area contributed by atoms with Crippen LogP contribution >= 0.6 is 0 Å². The van der Waals surface area contributed by atoms with Crippen LogP contribution < -0.4 is 10.0 Å². The molecule has 0 aliphatic heterocycles. The van der Waals surface area contributed by atoms with Crippen molar-refractivity contribution in [1.82, 2.24) is 4.57 Å². The van der Waals surface area contributed by atoms with E-state index in [0.717, 1.165) is 30.9 Å². The van der Waals surface area contributed by atoms with Gasteiger partial charge in [0, 0.05) is 29.9 Å². The smallest absolute Gasteiger partial charge is 0.0784 e. The van der Waals surface area contributed by atoms with Crippen molar-refractivity contribution in [1.29, 1.82) is 0 Å². The first kappa shape index (κ1) is 12.8. The van der Waals surface area contributed by atoms with Gasteiger partial charge in [-0.15, -0.1) is 0 Å². The van der Waals surface area contributed by atoms with Crippen molar-refractivity contribution >= 4 is 5.97 Å². The van der Waals surface area contributed by atoms with Crippen LogP contribution in [0.5, 0.6) is 0 Å². The number of carbonyl (C=O) groups excluding carboxylic acids is 1. The predicted molar refractivity (Wildman–Crippen MR) is 60.5 cm³/mol. The molecular weight excluding hydrogens is 204 g/mol. The number of hydrogen-bond donors (Lipinski definition) is 1. The van der Waals surface area contributed by atoms with Crippen LogP contribution in [0, 0.1) is 13.8 Å². The number of hydrogen-bond acceptors (Lipinski definition) is 2. The summed E-state index contributed by atoms with van der Waals surface area (Å²) < 4.78 is 2.05. The first-order valence-corrected chi connectivity index (χ1v) is 5.60. The molecule has 0 amide bonds. The standard InChI is InChI=1S/C12H20N2O2/c1-9-8-11(12(15)16)10(2)14(9)7-5-6-13(3)4/h8H,5-7H2,1-4H3,(H,15,16). The second-order valence-corrected chi connectivity index (χ2v) is 4.53.